The van der Waals surface area contributed by atoms with Crippen molar-refractivity contribution in [1.29, 1.82) is 0 Å². The summed E-state index contributed by atoms with van der Waals surface area (Å²) in [6.07, 6.45) is 6.43. The molecule has 2 saturated heterocycles. The van der Waals surface area contributed by atoms with E-state index in [2.05, 4.69) is 24.4 Å². The lowest BCUT2D eigenvalue weighted by molar-refractivity contribution is -0.119. The van der Waals surface area contributed by atoms with Crippen molar-refractivity contribution in [3.05, 3.63) is 35.4 Å². The highest BCUT2D eigenvalue weighted by Crippen LogP contribution is 2.33. The highest BCUT2D eigenvalue weighted by molar-refractivity contribution is 5.81. The van der Waals surface area contributed by atoms with E-state index in [1.807, 2.05) is 12.1 Å². The molecule has 2 nitrogen and oxygen atoms in total. The van der Waals surface area contributed by atoms with E-state index < -0.39 is 0 Å². The number of aryl methyl sites for hydroxylation is 1. The minimum Gasteiger partial charge on any atom is -0.311 e. The van der Waals surface area contributed by atoms with E-state index in [9.17, 15) is 4.79 Å². The molecule has 2 heteroatoms. The molecule has 0 aromatic heterocycles. The summed E-state index contributed by atoms with van der Waals surface area (Å²) in [5.74, 6) is 1.04. The summed E-state index contributed by atoms with van der Waals surface area (Å²) < 4.78 is 0. The normalized spacial score (nSPS) is 29.4. The van der Waals surface area contributed by atoms with Crippen molar-refractivity contribution in [2.24, 2.45) is 5.92 Å². The van der Waals surface area contributed by atoms with Gasteiger partial charge in [-0.1, -0.05) is 24.3 Å². The predicted molar refractivity (Wildman–Crippen MR) is 77.2 cm³/mol. The fourth-order valence-corrected chi connectivity index (χ4v) is 3.76. The lowest BCUT2D eigenvalue weighted by atomic mass is 9.87. The van der Waals surface area contributed by atoms with E-state index in [1.165, 1.54) is 36.8 Å². The number of piperidine rings is 1. The summed E-state index contributed by atoms with van der Waals surface area (Å²) in [7, 11) is 0. The molecular formula is C17H23NO. The van der Waals surface area contributed by atoms with E-state index in [1.54, 1.807) is 0 Å². The zero-order valence-electron chi connectivity index (χ0n) is 11.7. The van der Waals surface area contributed by atoms with Gasteiger partial charge in [-0.2, -0.15) is 0 Å². The average Bonchev–Trinajstić information content (AvgIpc) is 2.72. The Morgan fingerprint density at radius 1 is 1.21 bits per heavy atom. The second-order valence-corrected chi connectivity index (χ2v) is 6.32. The van der Waals surface area contributed by atoms with E-state index >= 15 is 0 Å². The highest BCUT2D eigenvalue weighted by atomic mass is 16.1. The van der Waals surface area contributed by atoms with E-state index in [0.717, 1.165) is 6.42 Å². The van der Waals surface area contributed by atoms with Crippen LogP contribution in [0, 0.1) is 12.8 Å². The molecule has 0 amide bonds. The van der Waals surface area contributed by atoms with Crippen LogP contribution in [0.4, 0.5) is 0 Å². The third kappa shape index (κ3) is 3.06. The lowest BCUT2D eigenvalue weighted by Gasteiger charge is -2.28. The third-order valence-corrected chi connectivity index (χ3v) is 4.74. The predicted octanol–water partition coefficient (Wildman–Crippen LogP) is 3.03. The van der Waals surface area contributed by atoms with Crippen LogP contribution in [0.25, 0.3) is 0 Å². The topological polar surface area (TPSA) is 29.1 Å². The van der Waals surface area contributed by atoms with Crippen LogP contribution in [0.3, 0.4) is 0 Å². The second kappa shape index (κ2) is 5.46. The maximum absolute atomic E-state index is 12.2. The van der Waals surface area contributed by atoms with Gasteiger partial charge in [-0.3, -0.25) is 4.79 Å². The molecule has 2 fully saturated rings. The number of nitrogens with one attached hydrogen (secondary N) is 1. The lowest BCUT2D eigenvalue weighted by Crippen LogP contribution is -2.38. The number of carbonyl (C=O) groups excluding carboxylic acids is 1. The number of hydrogen-bond acceptors (Lipinski definition) is 2. The minimum absolute atomic E-state index is 0.417. The number of fused-ring (bicyclic) bond motifs is 2. The van der Waals surface area contributed by atoms with Crippen LogP contribution >= 0.6 is 0 Å². The maximum Gasteiger partial charge on any atom is 0.137 e. The first-order valence-corrected chi connectivity index (χ1v) is 7.53. The van der Waals surface area contributed by atoms with Crippen LogP contribution in [-0.2, 0) is 11.2 Å². The quantitative estimate of drug-likeness (QED) is 0.898. The van der Waals surface area contributed by atoms with Crippen molar-refractivity contribution < 1.29 is 4.79 Å². The second-order valence-electron chi connectivity index (χ2n) is 6.32. The van der Waals surface area contributed by atoms with Gasteiger partial charge in [-0.05, 0) is 49.7 Å². The van der Waals surface area contributed by atoms with E-state index in [0.29, 0.717) is 30.2 Å². The number of carbonyl (C=O) groups is 1. The number of rotatable bonds is 4. The van der Waals surface area contributed by atoms with Crippen molar-refractivity contribution >= 4 is 5.78 Å². The average molecular weight is 257 g/mol. The fraction of sp³-hybridized carbons (Fsp3) is 0.588. The Kier molecular flexibility index (Phi) is 3.69. The molecule has 2 unspecified atom stereocenters. The van der Waals surface area contributed by atoms with Gasteiger partial charge in [-0.15, -0.1) is 0 Å². The Hall–Kier alpha value is -1.15. The van der Waals surface area contributed by atoms with Gasteiger partial charge in [-0.25, -0.2) is 0 Å². The number of Topliss-reactive ketones (excluding diaryl/α,β-unsaturated/α-hetero) is 1. The van der Waals surface area contributed by atoms with Crippen LogP contribution < -0.4 is 5.32 Å². The van der Waals surface area contributed by atoms with Gasteiger partial charge >= 0.3 is 0 Å². The standard InChI is InChI=1S/C17H23NO/c1-12-4-2-3-5-14(12)11-17(19)10-13-8-15-6-7-16(9-13)18-15/h2-5,13,15-16,18H,6-11H2,1H3. The first-order chi connectivity index (χ1) is 9.20. The Morgan fingerprint density at radius 2 is 1.89 bits per heavy atom. The van der Waals surface area contributed by atoms with Crippen LogP contribution in [-0.4, -0.2) is 17.9 Å². The molecule has 0 radical (unpaired) electrons. The number of benzene rings is 1. The number of hydrogen-bond donors (Lipinski definition) is 1. The SMILES string of the molecule is Cc1ccccc1CC(=O)CC1CC2CCC(C1)N2. The zero-order valence-corrected chi connectivity index (χ0v) is 11.7. The van der Waals surface area contributed by atoms with Crippen molar-refractivity contribution in [1.82, 2.24) is 5.32 Å². The van der Waals surface area contributed by atoms with Gasteiger partial charge in [0.25, 0.3) is 0 Å². The first-order valence-electron chi connectivity index (χ1n) is 7.53. The van der Waals surface area contributed by atoms with Gasteiger partial charge in [0.1, 0.15) is 5.78 Å². The smallest absolute Gasteiger partial charge is 0.137 e. The molecule has 2 aliphatic rings. The van der Waals surface area contributed by atoms with Gasteiger partial charge in [0.05, 0.1) is 0 Å². The molecule has 1 aromatic rings. The minimum atomic E-state index is 0.417. The molecule has 1 aromatic carbocycles. The first kappa shape index (κ1) is 12.9. The number of ketones is 1. The molecular weight excluding hydrogens is 234 g/mol. The van der Waals surface area contributed by atoms with E-state index in [4.69, 9.17) is 0 Å². The monoisotopic (exact) mass is 257 g/mol. The van der Waals surface area contributed by atoms with Crippen molar-refractivity contribution in [3.63, 3.8) is 0 Å². The van der Waals surface area contributed by atoms with Gasteiger partial charge in [0.15, 0.2) is 0 Å². The Balaban J connectivity index is 1.56. The molecule has 2 heterocycles. The molecule has 0 aliphatic carbocycles. The van der Waals surface area contributed by atoms with Crippen LogP contribution in [0.15, 0.2) is 24.3 Å². The summed E-state index contributed by atoms with van der Waals surface area (Å²) in [4.78, 5) is 12.2. The Bertz CT molecular complexity index is 456. The van der Waals surface area contributed by atoms with Gasteiger partial charge in [0, 0.05) is 24.9 Å². The van der Waals surface area contributed by atoms with E-state index in [-0.39, 0.29) is 0 Å². The molecule has 2 bridgehead atoms. The van der Waals surface area contributed by atoms with Gasteiger partial charge < -0.3 is 5.32 Å². The fourth-order valence-electron chi connectivity index (χ4n) is 3.76. The molecule has 2 atom stereocenters. The summed E-state index contributed by atoms with van der Waals surface area (Å²) in [6.45, 7) is 2.09. The molecule has 0 saturated carbocycles. The van der Waals surface area contributed by atoms with Crippen LogP contribution in [0.5, 0.6) is 0 Å². The van der Waals surface area contributed by atoms with Crippen LogP contribution in [0.2, 0.25) is 0 Å². The summed E-state index contributed by atoms with van der Waals surface area (Å²) in [6, 6.07) is 9.62. The Morgan fingerprint density at radius 3 is 2.58 bits per heavy atom. The Labute approximate surface area is 115 Å². The summed E-state index contributed by atoms with van der Waals surface area (Å²) >= 11 is 0. The molecule has 1 N–H and O–H groups in total. The van der Waals surface area contributed by atoms with Gasteiger partial charge in [0.2, 0.25) is 0 Å². The van der Waals surface area contributed by atoms with Crippen molar-refractivity contribution in [3.8, 4) is 0 Å². The summed E-state index contributed by atoms with van der Waals surface area (Å²) in [5.41, 5.74) is 2.44. The van der Waals surface area contributed by atoms with Crippen molar-refractivity contribution in [2.75, 3.05) is 0 Å². The molecule has 0 spiro atoms. The summed E-state index contributed by atoms with van der Waals surface area (Å²) in [5, 5.41) is 3.64. The zero-order chi connectivity index (χ0) is 13.2. The molecule has 2 aliphatic heterocycles. The molecule has 3 rings (SSSR count). The largest absolute Gasteiger partial charge is 0.311 e. The highest BCUT2D eigenvalue weighted by Gasteiger charge is 2.33. The molecule has 102 valence electrons. The molecule has 19 heavy (non-hydrogen) atoms. The van der Waals surface area contributed by atoms with Crippen molar-refractivity contribution in [2.45, 2.75) is 57.5 Å². The third-order valence-electron chi connectivity index (χ3n) is 4.74. The maximum atomic E-state index is 12.2. The van der Waals surface area contributed by atoms with Crippen LogP contribution in [0.1, 0.15) is 43.2 Å².